The minimum absolute atomic E-state index is 0.0408. The molecule has 0 bridgehead atoms. The van der Waals surface area contributed by atoms with E-state index in [9.17, 15) is 13.2 Å². The van der Waals surface area contributed by atoms with Crippen LogP contribution in [0.2, 0.25) is 10.0 Å². The van der Waals surface area contributed by atoms with Crippen LogP contribution in [0.5, 0.6) is 0 Å². The van der Waals surface area contributed by atoms with Crippen LogP contribution in [-0.4, -0.2) is 45.0 Å². The zero-order valence-corrected chi connectivity index (χ0v) is 14.3. The monoisotopic (exact) mass is 364 g/mol. The van der Waals surface area contributed by atoms with Crippen molar-refractivity contribution in [2.24, 2.45) is 0 Å². The van der Waals surface area contributed by atoms with Crippen molar-refractivity contribution < 1.29 is 13.2 Å². The van der Waals surface area contributed by atoms with Crippen molar-refractivity contribution in [3.05, 3.63) is 33.8 Å². The minimum Gasteiger partial charge on any atom is -0.351 e. The predicted molar refractivity (Wildman–Crippen MR) is 88.2 cm³/mol. The zero-order valence-electron chi connectivity index (χ0n) is 11.9. The van der Waals surface area contributed by atoms with Crippen LogP contribution in [0.1, 0.15) is 12.0 Å². The van der Waals surface area contributed by atoms with Gasteiger partial charge in [-0.05, 0) is 37.1 Å². The number of hydrogen-bond acceptors (Lipinski definition) is 4. The first-order valence-corrected chi connectivity index (χ1v) is 9.58. The predicted octanol–water partition coefficient (Wildman–Crippen LogP) is 1.43. The topological polar surface area (TPSA) is 75.3 Å². The van der Waals surface area contributed by atoms with Gasteiger partial charge in [0.15, 0.2) is 9.84 Å². The average molecular weight is 365 g/mol. The molecule has 1 heterocycles. The first-order chi connectivity index (χ1) is 10.4. The van der Waals surface area contributed by atoms with E-state index in [2.05, 4.69) is 10.6 Å². The lowest BCUT2D eigenvalue weighted by Gasteiger charge is -2.11. The van der Waals surface area contributed by atoms with Crippen LogP contribution in [0.4, 0.5) is 0 Å². The second kappa shape index (κ2) is 7.64. The van der Waals surface area contributed by atoms with Crippen molar-refractivity contribution >= 4 is 38.9 Å². The van der Waals surface area contributed by atoms with E-state index in [1.807, 2.05) is 6.07 Å². The summed E-state index contributed by atoms with van der Waals surface area (Å²) in [5.41, 5.74) is 0.959. The summed E-state index contributed by atoms with van der Waals surface area (Å²) in [5, 5.41) is 6.94. The molecule has 1 atom stereocenters. The SMILES string of the molecule is O=C(CNCCc1ccc(Cl)cc1Cl)NC1CCS(=O)(=O)C1. The maximum Gasteiger partial charge on any atom is 0.234 e. The van der Waals surface area contributed by atoms with Gasteiger partial charge in [0.1, 0.15) is 0 Å². The highest BCUT2D eigenvalue weighted by atomic mass is 35.5. The highest BCUT2D eigenvalue weighted by molar-refractivity contribution is 7.91. The second-order valence-electron chi connectivity index (χ2n) is 5.33. The van der Waals surface area contributed by atoms with Crippen molar-refractivity contribution in [2.75, 3.05) is 24.6 Å². The zero-order chi connectivity index (χ0) is 16.2. The molecule has 0 saturated carbocycles. The standard InChI is InChI=1S/C14H18Cl2N2O3S/c15-11-2-1-10(13(16)7-11)3-5-17-8-14(19)18-12-4-6-22(20,21)9-12/h1-2,7,12,17H,3-6,8-9H2,(H,18,19). The molecule has 1 unspecified atom stereocenters. The third kappa shape index (κ3) is 5.43. The van der Waals surface area contributed by atoms with Gasteiger partial charge in [-0.1, -0.05) is 29.3 Å². The van der Waals surface area contributed by atoms with Crippen LogP contribution >= 0.6 is 23.2 Å². The Kier molecular flexibility index (Phi) is 6.09. The Bertz CT molecular complexity index is 649. The summed E-state index contributed by atoms with van der Waals surface area (Å²) in [7, 11) is -2.97. The molecule has 122 valence electrons. The summed E-state index contributed by atoms with van der Waals surface area (Å²) in [6.45, 7) is 0.749. The molecule has 1 aromatic rings. The quantitative estimate of drug-likeness (QED) is 0.748. The summed E-state index contributed by atoms with van der Waals surface area (Å²) in [6, 6.07) is 5.06. The molecule has 1 aromatic carbocycles. The van der Waals surface area contributed by atoms with E-state index in [1.54, 1.807) is 12.1 Å². The minimum atomic E-state index is -2.97. The summed E-state index contributed by atoms with van der Waals surface area (Å²) in [6.07, 6.45) is 1.18. The van der Waals surface area contributed by atoms with E-state index in [-0.39, 0.29) is 30.0 Å². The molecule has 2 rings (SSSR count). The van der Waals surface area contributed by atoms with E-state index in [1.165, 1.54) is 0 Å². The van der Waals surface area contributed by atoms with Crippen LogP contribution in [0.25, 0.3) is 0 Å². The number of amides is 1. The number of rotatable bonds is 6. The average Bonchev–Trinajstić information content (AvgIpc) is 2.76. The van der Waals surface area contributed by atoms with Crippen LogP contribution < -0.4 is 10.6 Å². The molecule has 1 amide bonds. The fourth-order valence-electron chi connectivity index (χ4n) is 2.34. The Morgan fingerprint density at radius 2 is 2.09 bits per heavy atom. The number of sulfone groups is 1. The number of carbonyl (C=O) groups excluding carboxylic acids is 1. The maximum absolute atomic E-state index is 11.7. The molecule has 1 fully saturated rings. The molecule has 0 aliphatic carbocycles. The fourth-order valence-corrected chi connectivity index (χ4v) is 4.51. The number of halogens is 2. The molecular weight excluding hydrogens is 347 g/mol. The summed E-state index contributed by atoms with van der Waals surface area (Å²) in [5.74, 6) is 0.00355. The molecule has 2 N–H and O–H groups in total. The van der Waals surface area contributed by atoms with Crippen molar-refractivity contribution in [1.82, 2.24) is 10.6 Å². The van der Waals surface area contributed by atoms with E-state index in [4.69, 9.17) is 23.2 Å². The van der Waals surface area contributed by atoms with Crippen molar-refractivity contribution in [1.29, 1.82) is 0 Å². The molecular formula is C14H18Cl2N2O3S. The first kappa shape index (κ1) is 17.5. The third-order valence-corrected chi connectivity index (χ3v) is 5.82. The lowest BCUT2D eigenvalue weighted by molar-refractivity contribution is -0.120. The molecule has 5 nitrogen and oxygen atoms in total. The molecule has 1 aliphatic heterocycles. The van der Waals surface area contributed by atoms with Gasteiger partial charge in [-0.2, -0.15) is 0 Å². The van der Waals surface area contributed by atoms with Crippen LogP contribution in [0.15, 0.2) is 18.2 Å². The Morgan fingerprint density at radius 1 is 1.32 bits per heavy atom. The van der Waals surface area contributed by atoms with E-state index < -0.39 is 9.84 Å². The Hall–Kier alpha value is -0.820. The highest BCUT2D eigenvalue weighted by Crippen LogP contribution is 2.21. The molecule has 0 aromatic heterocycles. The number of benzene rings is 1. The summed E-state index contributed by atoms with van der Waals surface area (Å²) in [4.78, 5) is 11.7. The first-order valence-electron chi connectivity index (χ1n) is 7.00. The van der Waals surface area contributed by atoms with Crippen molar-refractivity contribution in [3.8, 4) is 0 Å². The van der Waals surface area contributed by atoms with Gasteiger partial charge in [0, 0.05) is 16.1 Å². The Morgan fingerprint density at radius 3 is 2.73 bits per heavy atom. The maximum atomic E-state index is 11.7. The Balaban J connectivity index is 1.67. The molecule has 8 heteroatoms. The van der Waals surface area contributed by atoms with Gasteiger partial charge in [0.05, 0.1) is 18.1 Å². The Labute approximate surface area is 140 Å². The number of hydrogen-bond donors (Lipinski definition) is 2. The number of carbonyl (C=O) groups is 1. The molecule has 1 saturated heterocycles. The van der Waals surface area contributed by atoms with Gasteiger partial charge in [0.25, 0.3) is 0 Å². The van der Waals surface area contributed by atoms with Crippen molar-refractivity contribution in [3.63, 3.8) is 0 Å². The van der Waals surface area contributed by atoms with E-state index in [0.29, 0.717) is 29.4 Å². The lowest BCUT2D eigenvalue weighted by atomic mass is 10.1. The molecule has 0 spiro atoms. The second-order valence-corrected chi connectivity index (χ2v) is 8.40. The lowest BCUT2D eigenvalue weighted by Crippen LogP contribution is -2.41. The normalized spacial score (nSPS) is 20.0. The van der Waals surface area contributed by atoms with Gasteiger partial charge >= 0.3 is 0 Å². The van der Waals surface area contributed by atoms with Crippen LogP contribution in [0, 0.1) is 0 Å². The van der Waals surface area contributed by atoms with E-state index >= 15 is 0 Å². The van der Waals surface area contributed by atoms with E-state index in [0.717, 1.165) is 5.56 Å². The molecule has 0 radical (unpaired) electrons. The van der Waals surface area contributed by atoms with Gasteiger partial charge in [-0.15, -0.1) is 0 Å². The largest absolute Gasteiger partial charge is 0.351 e. The highest BCUT2D eigenvalue weighted by Gasteiger charge is 2.28. The summed E-state index contributed by atoms with van der Waals surface area (Å²) >= 11 is 11.9. The molecule has 22 heavy (non-hydrogen) atoms. The van der Waals surface area contributed by atoms with Crippen LogP contribution in [-0.2, 0) is 21.1 Å². The van der Waals surface area contributed by atoms with Crippen LogP contribution in [0.3, 0.4) is 0 Å². The smallest absolute Gasteiger partial charge is 0.234 e. The van der Waals surface area contributed by atoms with Gasteiger partial charge in [0.2, 0.25) is 5.91 Å². The molecule has 1 aliphatic rings. The third-order valence-electron chi connectivity index (χ3n) is 3.47. The van der Waals surface area contributed by atoms with Gasteiger partial charge in [-0.3, -0.25) is 4.79 Å². The fraction of sp³-hybridized carbons (Fsp3) is 0.500. The number of nitrogens with one attached hydrogen (secondary N) is 2. The summed E-state index contributed by atoms with van der Waals surface area (Å²) < 4.78 is 22.6. The van der Waals surface area contributed by atoms with Gasteiger partial charge in [-0.25, -0.2) is 8.42 Å². The van der Waals surface area contributed by atoms with Gasteiger partial charge < -0.3 is 10.6 Å². The van der Waals surface area contributed by atoms with Crippen molar-refractivity contribution in [2.45, 2.75) is 18.9 Å².